The van der Waals surface area contributed by atoms with E-state index in [9.17, 15) is 9.59 Å². The third-order valence-corrected chi connectivity index (χ3v) is 2.46. The number of amides is 2. The summed E-state index contributed by atoms with van der Waals surface area (Å²) in [6.45, 7) is 4.76. The number of carboxylic acid groups (broad SMARTS) is 1. The Kier molecular flexibility index (Phi) is 8.46. The van der Waals surface area contributed by atoms with Crippen LogP contribution in [0.2, 0.25) is 0 Å². The molecule has 0 bridgehead atoms. The molecular formula is C13H22N2O3. The van der Waals surface area contributed by atoms with Crippen molar-refractivity contribution in [2.75, 3.05) is 13.1 Å². The van der Waals surface area contributed by atoms with Crippen molar-refractivity contribution in [1.29, 1.82) is 0 Å². The van der Waals surface area contributed by atoms with Crippen molar-refractivity contribution in [3.63, 3.8) is 0 Å². The summed E-state index contributed by atoms with van der Waals surface area (Å²) in [6, 6.07) is -0.230. The standard InChI is InChI=1S/C13H22N2O3/c1-4-9-15(10-5-2)13(18)14-11(3)7-6-8-12(16)17/h1,11H,5-10H2,2-3H3,(H,14,18)(H,16,17). The summed E-state index contributed by atoms with van der Waals surface area (Å²) in [6.07, 6.45) is 7.38. The van der Waals surface area contributed by atoms with E-state index in [4.69, 9.17) is 11.5 Å². The van der Waals surface area contributed by atoms with Crippen LogP contribution in [0.15, 0.2) is 0 Å². The normalized spacial score (nSPS) is 11.4. The molecule has 1 unspecified atom stereocenters. The molecular weight excluding hydrogens is 232 g/mol. The van der Waals surface area contributed by atoms with E-state index in [0.717, 1.165) is 6.42 Å². The maximum absolute atomic E-state index is 11.8. The molecule has 18 heavy (non-hydrogen) atoms. The van der Waals surface area contributed by atoms with Crippen molar-refractivity contribution in [2.24, 2.45) is 0 Å². The number of carbonyl (C=O) groups excluding carboxylic acids is 1. The number of carbonyl (C=O) groups is 2. The summed E-state index contributed by atoms with van der Waals surface area (Å²) >= 11 is 0. The van der Waals surface area contributed by atoms with Gasteiger partial charge in [0.1, 0.15) is 0 Å². The fourth-order valence-corrected chi connectivity index (χ4v) is 1.57. The summed E-state index contributed by atoms with van der Waals surface area (Å²) in [5, 5.41) is 11.3. The molecule has 0 aromatic rings. The largest absolute Gasteiger partial charge is 0.481 e. The lowest BCUT2D eigenvalue weighted by molar-refractivity contribution is -0.137. The Morgan fingerprint density at radius 2 is 2.17 bits per heavy atom. The van der Waals surface area contributed by atoms with Gasteiger partial charge in [0, 0.05) is 19.0 Å². The monoisotopic (exact) mass is 254 g/mol. The van der Waals surface area contributed by atoms with Gasteiger partial charge in [-0.15, -0.1) is 6.42 Å². The smallest absolute Gasteiger partial charge is 0.318 e. The first kappa shape index (κ1) is 16.3. The number of terminal acetylenes is 1. The minimum absolute atomic E-state index is 0.0472. The summed E-state index contributed by atoms with van der Waals surface area (Å²) < 4.78 is 0. The number of hydrogen-bond donors (Lipinski definition) is 2. The number of nitrogens with zero attached hydrogens (tertiary/aromatic N) is 1. The van der Waals surface area contributed by atoms with Crippen molar-refractivity contribution >= 4 is 12.0 Å². The van der Waals surface area contributed by atoms with Crippen LogP contribution in [0.25, 0.3) is 0 Å². The van der Waals surface area contributed by atoms with E-state index in [0.29, 0.717) is 25.9 Å². The fraction of sp³-hybridized carbons (Fsp3) is 0.692. The minimum Gasteiger partial charge on any atom is -0.481 e. The molecule has 0 aliphatic carbocycles. The molecule has 5 heteroatoms. The van der Waals surface area contributed by atoms with Gasteiger partial charge >= 0.3 is 12.0 Å². The number of aliphatic carboxylic acids is 1. The Morgan fingerprint density at radius 3 is 2.67 bits per heavy atom. The summed E-state index contributed by atoms with van der Waals surface area (Å²) in [5.74, 6) is 1.64. The molecule has 0 aromatic carbocycles. The zero-order valence-electron chi connectivity index (χ0n) is 11.1. The molecule has 0 saturated carbocycles. The van der Waals surface area contributed by atoms with Gasteiger partial charge in [-0.3, -0.25) is 4.79 Å². The highest BCUT2D eigenvalue weighted by atomic mass is 16.4. The molecule has 2 amide bonds. The van der Waals surface area contributed by atoms with E-state index in [1.165, 1.54) is 0 Å². The summed E-state index contributed by atoms with van der Waals surface area (Å²) in [7, 11) is 0. The molecule has 1 atom stereocenters. The number of nitrogens with one attached hydrogen (secondary N) is 1. The van der Waals surface area contributed by atoms with Crippen LogP contribution in [0.5, 0.6) is 0 Å². The van der Waals surface area contributed by atoms with Gasteiger partial charge in [0.25, 0.3) is 0 Å². The van der Waals surface area contributed by atoms with Crippen molar-refractivity contribution in [2.45, 2.75) is 45.6 Å². The van der Waals surface area contributed by atoms with E-state index in [2.05, 4.69) is 11.2 Å². The highest BCUT2D eigenvalue weighted by Crippen LogP contribution is 2.02. The van der Waals surface area contributed by atoms with Crippen LogP contribution < -0.4 is 5.32 Å². The van der Waals surface area contributed by atoms with Gasteiger partial charge in [0.2, 0.25) is 0 Å². The van der Waals surface area contributed by atoms with Crippen LogP contribution in [0, 0.1) is 12.3 Å². The van der Waals surface area contributed by atoms with E-state index in [1.54, 1.807) is 4.90 Å². The zero-order valence-corrected chi connectivity index (χ0v) is 11.1. The van der Waals surface area contributed by atoms with Crippen molar-refractivity contribution in [3.05, 3.63) is 0 Å². The molecule has 0 fully saturated rings. The van der Waals surface area contributed by atoms with Gasteiger partial charge in [0.15, 0.2) is 0 Å². The van der Waals surface area contributed by atoms with Crippen LogP contribution in [0.4, 0.5) is 4.79 Å². The van der Waals surface area contributed by atoms with Gasteiger partial charge in [-0.05, 0) is 26.2 Å². The molecule has 0 rings (SSSR count). The van der Waals surface area contributed by atoms with Crippen LogP contribution in [0.3, 0.4) is 0 Å². The van der Waals surface area contributed by atoms with Gasteiger partial charge < -0.3 is 15.3 Å². The number of hydrogen-bond acceptors (Lipinski definition) is 2. The molecule has 0 heterocycles. The van der Waals surface area contributed by atoms with Crippen molar-refractivity contribution in [1.82, 2.24) is 10.2 Å². The van der Waals surface area contributed by atoms with Gasteiger partial charge in [-0.25, -0.2) is 4.79 Å². The Labute approximate surface area is 109 Å². The molecule has 0 saturated heterocycles. The lowest BCUT2D eigenvalue weighted by atomic mass is 10.1. The Morgan fingerprint density at radius 1 is 1.50 bits per heavy atom. The number of rotatable bonds is 8. The summed E-state index contributed by atoms with van der Waals surface area (Å²) in [4.78, 5) is 23.8. The Balaban J connectivity index is 4.03. The predicted molar refractivity (Wildman–Crippen MR) is 70.2 cm³/mol. The van der Waals surface area contributed by atoms with Crippen LogP contribution in [-0.2, 0) is 4.79 Å². The van der Waals surface area contributed by atoms with Gasteiger partial charge in [0.05, 0.1) is 6.54 Å². The van der Waals surface area contributed by atoms with Crippen LogP contribution in [-0.4, -0.2) is 41.1 Å². The fourth-order valence-electron chi connectivity index (χ4n) is 1.57. The number of urea groups is 1. The second kappa shape index (κ2) is 9.34. The molecule has 102 valence electrons. The Hall–Kier alpha value is -1.70. The minimum atomic E-state index is -0.812. The maximum atomic E-state index is 11.8. The first-order chi connectivity index (χ1) is 8.51. The van der Waals surface area contributed by atoms with E-state index >= 15 is 0 Å². The second-order valence-electron chi connectivity index (χ2n) is 4.26. The van der Waals surface area contributed by atoms with Crippen LogP contribution >= 0.6 is 0 Å². The predicted octanol–water partition coefficient (Wildman–Crippen LogP) is 1.68. The van der Waals surface area contributed by atoms with Crippen LogP contribution in [0.1, 0.15) is 39.5 Å². The average Bonchev–Trinajstić information content (AvgIpc) is 2.28. The topological polar surface area (TPSA) is 69.6 Å². The SMILES string of the molecule is C#CCN(CCC)C(=O)NC(C)CCCC(=O)O. The third kappa shape index (κ3) is 7.55. The van der Waals surface area contributed by atoms with Crippen molar-refractivity contribution < 1.29 is 14.7 Å². The first-order valence-corrected chi connectivity index (χ1v) is 6.22. The Bertz CT molecular complexity index is 310. The quantitative estimate of drug-likeness (QED) is 0.647. The van der Waals surface area contributed by atoms with E-state index in [-0.39, 0.29) is 18.5 Å². The van der Waals surface area contributed by atoms with E-state index in [1.807, 2.05) is 13.8 Å². The zero-order chi connectivity index (χ0) is 14.0. The lowest BCUT2D eigenvalue weighted by Gasteiger charge is -2.22. The summed E-state index contributed by atoms with van der Waals surface area (Å²) in [5.41, 5.74) is 0. The molecule has 5 nitrogen and oxygen atoms in total. The molecule has 0 aliphatic heterocycles. The molecule has 0 aromatic heterocycles. The first-order valence-electron chi connectivity index (χ1n) is 6.22. The lowest BCUT2D eigenvalue weighted by Crippen LogP contribution is -2.44. The maximum Gasteiger partial charge on any atom is 0.318 e. The molecule has 0 aliphatic rings. The average molecular weight is 254 g/mol. The third-order valence-electron chi connectivity index (χ3n) is 2.46. The molecule has 0 radical (unpaired) electrons. The number of carboxylic acids is 1. The van der Waals surface area contributed by atoms with E-state index < -0.39 is 5.97 Å². The molecule has 0 spiro atoms. The second-order valence-corrected chi connectivity index (χ2v) is 4.26. The highest BCUT2D eigenvalue weighted by molar-refractivity contribution is 5.74. The van der Waals surface area contributed by atoms with Crippen molar-refractivity contribution in [3.8, 4) is 12.3 Å². The van der Waals surface area contributed by atoms with Gasteiger partial charge in [-0.1, -0.05) is 12.8 Å². The molecule has 2 N–H and O–H groups in total. The van der Waals surface area contributed by atoms with Gasteiger partial charge in [-0.2, -0.15) is 0 Å². The highest BCUT2D eigenvalue weighted by Gasteiger charge is 2.13.